The summed E-state index contributed by atoms with van der Waals surface area (Å²) in [4.78, 5) is 0. The van der Waals surface area contributed by atoms with Gasteiger partial charge in [-0.25, -0.2) is 0 Å². The molecule has 0 amide bonds. The zero-order valence-corrected chi connectivity index (χ0v) is 13.9. The van der Waals surface area contributed by atoms with Gasteiger partial charge in [-0.2, -0.15) is 0 Å². The molecule has 0 heterocycles. The van der Waals surface area contributed by atoms with Crippen LogP contribution in [0, 0.1) is 19.8 Å². The van der Waals surface area contributed by atoms with Crippen molar-refractivity contribution >= 4 is 5.69 Å². The molecule has 1 nitrogen and oxygen atoms in total. The van der Waals surface area contributed by atoms with Crippen LogP contribution in [0.2, 0.25) is 0 Å². The van der Waals surface area contributed by atoms with Crippen molar-refractivity contribution in [2.45, 2.75) is 47.1 Å². The largest absolute Gasteiger partial charge is 0.378 e. The van der Waals surface area contributed by atoms with Crippen molar-refractivity contribution in [3.8, 4) is 0 Å². The molecule has 1 atom stereocenters. The van der Waals surface area contributed by atoms with Gasteiger partial charge in [-0.1, -0.05) is 50.2 Å². The van der Waals surface area contributed by atoms with E-state index in [0.717, 1.165) is 6.42 Å². The second kappa shape index (κ2) is 6.80. The predicted molar refractivity (Wildman–Crippen MR) is 92.9 cm³/mol. The van der Waals surface area contributed by atoms with Crippen LogP contribution in [-0.4, -0.2) is 0 Å². The highest BCUT2D eigenvalue weighted by molar-refractivity contribution is 5.55. The van der Waals surface area contributed by atoms with E-state index in [0.29, 0.717) is 12.0 Å². The number of benzene rings is 2. The van der Waals surface area contributed by atoms with Crippen LogP contribution in [0.1, 0.15) is 49.1 Å². The lowest BCUT2D eigenvalue weighted by molar-refractivity contribution is 0.647. The van der Waals surface area contributed by atoms with Crippen LogP contribution in [0.4, 0.5) is 5.69 Å². The van der Waals surface area contributed by atoms with Crippen LogP contribution in [0.25, 0.3) is 0 Å². The molecule has 1 unspecified atom stereocenters. The quantitative estimate of drug-likeness (QED) is 0.744. The van der Waals surface area contributed by atoms with Gasteiger partial charge in [0.2, 0.25) is 0 Å². The summed E-state index contributed by atoms with van der Waals surface area (Å²) in [5, 5.41) is 3.63. The molecule has 112 valence electrons. The van der Waals surface area contributed by atoms with Crippen LogP contribution in [-0.2, 0) is 6.42 Å². The highest BCUT2D eigenvalue weighted by atomic mass is 14.9. The van der Waals surface area contributed by atoms with E-state index in [4.69, 9.17) is 0 Å². The first-order valence-electron chi connectivity index (χ1n) is 7.89. The number of hydrogen-bond donors (Lipinski definition) is 1. The molecule has 2 rings (SSSR count). The second-order valence-electron chi connectivity index (χ2n) is 6.45. The molecule has 0 bridgehead atoms. The maximum Gasteiger partial charge on any atom is 0.0485 e. The van der Waals surface area contributed by atoms with Crippen molar-refractivity contribution in [2.24, 2.45) is 5.92 Å². The van der Waals surface area contributed by atoms with E-state index >= 15 is 0 Å². The zero-order valence-electron chi connectivity index (χ0n) is 13.9. The third kappa shape index (κ3) is 4.10. The monoisotopic (exact) mass is 281 g/mol. The summed E-state index contributed by atoms with van der Waals surface area (Å²) in [6.07, 6.45) is 1.15. The van der Waals surface area contributed by atoms with Gasteiger partial charge in [-0.15, -0.1) is 0 Å². The Hall–Kier alpha value is -1.76. The number of hydrogen-bond acceptors (Lipinski definition) is 1. The molecule has 0 aliphatic rings. The summed E-state index contributed by atoms with van der Waals surface area (Å²) < 4.78 is 0. The van der Waals surface area contributed by atoms with Crippen molar-refractivity contribution in [1.82, 2.24) is 0 Å². The maximum absolute atomic E-state index is 3.63. The molecule has 2 aromatic carbocycles. The molecule has 0 radical (unpaired) electrons. The molecular weight excluding hydrogens is 254 g/mol. The van der Waals surface area contributed by atoms with Gasteiger partial charge in [-0.3, -0.25) is 0 Å². The number of nitrogens with one attached hydrogen (secondary N) is 1. The van der Waals surface area contributed by atoms with Crippen LogP contribution < -0.4 is 5.32 Å². The summed E-state index contributed by atoms with van der Waals surface area (Å²) >= 11 is 0. The molecule has 1 heteroatoms. The molecule has 21 heavy (non-hydrogen) atoms. The third-order valence-electron chi connectivity index (χ3n) is 4.10. The standard InChI is InChI=1S/C20H27N/c1-14(2)13-18-9-11-19(12-10-18)17(5)21-20-8-6-7-15(3)16(20)4/h6-12,14,17,21H,13H2,1-5H3. The summed E-state index contributed by atoms with van der Waals surface area (Å²) in [6.45, 7) is 11.1. The maximum atomic E-state index is 3.63. The van der Waals surface area contributed by atoms with Gasteiger partial charge in [0.15, 0.2) is 0 Å². The zero-order chi connectivity index (χ0) is 15.4. The molecule has 0 spiro atoms. The number of rotatable bonds is 5. The Bertz CT molecular complexity index is 581. The number of anilines is 1. The minimum Gasteiger partial charge on any atom is -0.378 e. The highest BCUT2D eigenvalue weighted by Crippen LogP contribution is 2.24. The predicted octanol–water partition coefficient (Wildman–Crippen LogP) is 5.68. The first-order valence-corrected chi connectivity index (χ1v) is 7.89. The van der Waals surface area contributed by atoms with Gasteiger partial charge in [0, 0.05) is 11.7 Å². The van der Waals surface area contributed by atoms with E-state index < -0.39 is 0 Å². The van der Waals surface area contributed by atoms with Crippen molar-refractivity contribution in [2.75, 3.05) is 5.32 Å². The van der Waals surface area contributed by atoms with Crippen molar-refractivity contribution in [1.29, 1.82) is 0 Å². The Morgan fingerprint density at radius 1 is 0.905 bits per heavy atom. The lowest BCUT2D eigenvalue weighted by Gasteiger charge is -2.19. The van der Waals surface area contributed by atoms with Gasteiger partial charge in [-0.05, 0) is 61.4 Å². The van der Waals surface area contributed by atoms with Crippen LogP contribution >= 0.6 is 0 Å². The fraction of sp³-hybridized carbons (Fsp3) is 0.400. The topological polar surface area (TPSA) is 12.0 Å². The fourth-order valence-corrected chi connectivity index (χ4v) is 2.64. The third-order valence-corrected chi connectivity index (χ3v) is 4.10. The van der Waals surface area contributed by atoms with E-state index in [2.05, 4.69) is 82.4 Å². The van der Waals surface area contributed by atoms with Gasteiger partial charge < -0.3 is 5.32 Å². The average molecular weight is 281 g/mol. The Labute approximate surface area is 129 Å². The normalized spacial score (nSPS) is 12.5. The van der Waals surface area contributed by atoms with Crippen LogP contribution in [0.3, 0.4) is 0 Å². The van der Waals surface area contributed by atoms with Gasteiger partial charge in [0.25, 0.3) is 0 Å². The molecule has 2 aromatic rings. The lowest BCUT2D eigenvalue weighted by atomic mass is 9.99. The first-order chi connectivity index (χ1) is 9.97. The summed E-state index contributed by atoms with van der Waals surface area (Å²) in [5.74, 6) is 0.710. The fourth-order valence-electron chi connectivity index (χ4n) is 2.64. The molecule has 0 aliphatic carbocycles. The Kier molecular flexibility index (Phi) is 5.06. The SMILES string of the molecule is Cc1cccc(NC(C)c2ccc(CC(C)C)cc2)c1C. The highest BCUT2D eigenvalue weighted by Gasteiger charge is 2.08. The minimum absolute atomic E-state index is 0.318. The molecule has 0 saturated heterocycles. The summed E-state index contributed by atoms with van der Waals surface area (Å²) in [5.41, 5.74) is 6.66. The van der Waals surface area contributed by atoms with E-state index in [9.17, 15) is 0 Å². The first kappa shape index (κ1) is 15.6. The Morgan fingerprint density at radius 3 is 2.19 bits per heavy atom. The molecule has 0 fully saturated rings. The minimum atomic E-state index is 0.318. The average Bonchev–Trinajstić information content (AvgIpc) is 2.44. The van der Waals surface area contributed by atoms with Crippen LogP contribution in [0.5, 0.6) is 0 Å². The van der Waals surface area contributed by atoms with E-state index in [1.54, 1.807) is 0 Å². The summed E-state index contributed by atoms with van der Waals surface area (Å²) in [7, 11) is 0. The van der Waals surface area contributed by atoms with E-state index in [1.165, 1.54) is 27.9 Å². The van der Waals surface area contributed by atoms with Crippen molar-refractivity contribution < 1.29 is 0 Å². The molecule has 0 aliphatic heterocycles. The van der Waals surface area contributed by atoms with Crippen molar-refractivity contribution in [3.63, 3.8) is 0 Å². The Balaban J connectivity index is 2.09. The molecule has 0 saturated carbocycles. The summed E-state index contributed by atoms with van der Waals surface area (Å²) in [6, 6.07) is 15.8. The van der Waals surface area contributed by atoms with E-state index in [-0.39, 0.29) is 0 Å². The van der Waals surface area contributed by atoms with Gasteiger partial charge >= 0.3 is 0 Å². The lowest BCUT2D eigenvalue weighted by Crippen LogP contribution is -2.08. The molecular formula is C20H27N. The van der Waals surface area contributed by atoms with Gasteiger partial charge in [0.05, 0.1) is 0 Å². The number of aryl methyl sites for hydroxylation is 1. The molecule has 1 N–H and O–H groups in total. The Morgan fingerprint density at radius 2 is 1.57 bits per heavy atom. The smallest absolute Gasteiger partial charge is 0.0485 e. The van der Waals surface area contributed by atoms with Crippen LogP contribution in [0.15, 0.2) is 42.5 Å². The van der Waals surface area contributed by atoms with Gasteiger partial charge in [0.1, 0.15) is 0 Å². The van der Waals surface area contributed by atoms with E-state index in [1.807, 2.05) is 0 Å². The molecule has 0 aromatic heterocycles. The second-order valence-corrected chi connectivity index (χ2v) is 6.45. The van der Waals surface area contributed by atoms with Crippen molar-refractivity contribution in [3.05, 3.63) is 64.7 Å².